The molecule has 0 spiro atoms. The molecular formula is C21H11F9O. The van der Waals surface area contributed by atoms with Crippen molar-refractivity contribution in [2.75, 3.05) is 0 Å². The first-order chi connectivity index (χ1) is 14.3. The molecule has 0 saturated carbocycles. The van der Waals surface area contributed by atoms with E-state index in [4.69, 9.17) is 0 Å². The van der Waals surface area contributed by atoms with E-state index < -0.39 is 58.0 Å². The Morgan fingerprint density at radius 3 is 1.90 bits per heavy atom. The minimum atomic E-state index is -4.95. The van der Waals surface area contributed by atoms with Gasteiger partial charge in [0.25, 0.3) is 0 Å². The molecular weight excluding hydrogens is 439 g/mol. The minimum Gasteiger partial charge on any atom is -0.429 e. The molecule has 10 heteroatoms. The molecule has 0 aliphatic heterocycles. The summed E-state index contributed by atoms with van der Waals surface area (Å²) in [6.07, 6.45) is -9.32. The van der Waals surface area contributed by atoms with Crippen LogP contribution in [0.4, 0.5) is 39.5 Å². The fraction of sp³-hybridized carbons (Fsp3) is 0.143. The van der Waals surface area contributed by atoms with E-state index in [1.54, 1.807) is 0 Å². The maximum absolute atomic E-state index is 14.4. The maximum Gasteiger partial charge on any atom is 0.429 e. The third-order valence-corrected chi connectivity index (χ3v) is 4.36. The maximum atomic E-state index is 14.4. The Hall–Kier alpha value is -3.17. The van der Waals surface area contributed by atoms with Crippen molar-refractivity contribution in [3.8, 4) is 16.9 Å². The Morgan fingerprint density at radius 2 is 1.32 bits per heavy atom. The van der Waals surface area contributed by atoms with Crippen molar-refractivity contribution in [3.05, 3.63) is 88.5 Å². The smallest absolute Gasteiger partial charge is 0.429 e. The summed E-state index contributed by atoms with van der Waals surface area (Å²) in [5, 5.41) is 0. The zero-order chi connectivity index (χ0) is 23.1. The second-order valence-electron chi connectivity index (χ2n) is 6.51. The molecule has 0 fully saturated rings. The Kier molecular flexibility index (Phi) is 5.68. The van der Waals surface area contributed by atoms with Gasteiger partial charge in [0.1, 0.15) is 22.9 Å². The average Bonchev–Trinajstić information content (AvgIpc) is 2.64. The molecule has 3 aromatic carbocycles. The van der Waals surface area contributed by atoms with E-state index in [0.29, 0.717) is 24.3 Å². The van der Waals surface area contributed by atoms with Gasteiger partial charge in [0.05, 0.1) is 5.56 Å². The number of hydrogen-bond donors (Lipinski definition) is 0. The quantitative estimate of drug-likeness (QED) is 0.377. The van der Waals surface area contributed by atoms with Gasteiger partial charge in [0.2, 0.25) is 0 Å². The molecule has 0 radical (unpaired) electrons. The predicted molar refractivity (Wildman–Crippen MR) is 92.4 cm³/mol. The number of halogens is 9. The molecule has 164 valence electrons. The summed E-state index contributed by atoms with van der Waals surface area (Å²) in [6, 6.07) is 5.35. The summed E-state index contributed by atoms with van der Waals surface area (Å²) >= 11 is 0. The van der Waals surface area contributed by atoms with Crippen LogP contribution in [0.25, 0.3) is 11.1 Å². The summed E-state index contributed by atoms with van der Waals surface area (Å²) in [7, 11) is 0. The van der Waals surface area contributed by atoms with E-state index >= 15 is 0 Å². The van der Waals surface area contributed by atoms with Gasteiger partial charge in [-0.1, -0.05) is 12.1 Å². The van der Waals surface area contributed by atoms with Gasteiger partial charge in [-0.3, -0.25) is 0 Å². The Balaban J connectivity index is 1.91. The second-order valence-corrected chi connectivity index (χ2v) is 6.51. The van der Waals surface area contributed by atoms with Crippen molar-refractivity contribution < 1.29 is 44.3 Å². The standard InChI is InChI=1S/C21H11F9O/c1-10-2-6-15(19(25)18(10)24)21(29,30)31-12-4-5-13(16(22)9-12)11-3-7-14(17(23)8-11)20(26,27)28/h2-9H,1H3. The Bertz CT molecular complexity index is 1140. The lowest BCUT2D eigenvalue weighted by Gasteiger charge is -2.20. The molecule has 0 N–H and O–H groups in total. The van der Waals surface area contributed by atoms with Crippen molar-refractivity contribution in [2.24, 2.45) is 0 Å². The fourth-order valence-electron chi connectivity index (χ4n) is 2.78. The number of hydrogen-bond acceptors (Lipinski definition) is 1. The van der Waals surface area contributed by atoms with E-state index in [9.17, 15) is 39.5 Å². The fourth-order valence-corrected chi connectivity index (χ4v) is 2.78. The summed E-state index contributed by atoms with van der Waals surface area (Å²) < 4.78 is 126. The molecule has 3 rings (SSSR count). The molecule has 0 aliphatic carbocycles. The molecule has 0 saturated heterocycles. The minimum absolute atomic E-state index is 0.212. The summed E-state index contributed by atoms with van der Waals surface area (Å²) in [4.78, 5) is 0. The van der Waals surface area contributed by atoms with Crippen molar-refractivity contribution >= 4 is 0 Å². The average molecular weight is 450 g/mol. The van der Waals surface area contributed by atoms with Crippen LogP contribution in [0, 0.1) is 30.2 Å². The molecule has 31 heavy (non-hydrogen) atoms. The van der Waals surface area contributed by atoms with Gasteiger partial charge in [-0.25, -0.2) is 17.6 Å². The van der Waals surface area contributed by atoms with Crippen molar-refractivity contribution in [1.29, 1.82) is 0 Å². The molecule has 1 nitrogen and oxygen atoms in total. The lowest BCUT2D eigenvalue weighted by molar-refractivity contribution is -0.187. The number of benzene rings is 3. The summed E-state index contributed by atoms with van der Waals surface area (Å²) in [5.41, 5.74) is -3.85. The molecule has 0 heterocycles. The molecule has 0 amide bonds. The van der Waals surface area contributed by atoms with Crippen LogP contribution in [0.5, 0.6) is 5.75 Å². The van der Waals surface area contributed by atoms with E-state index in [2.05, 4.69) is 4.74 Å². The van der Waals surface area contributed by atoms with Crippen molar-refractivity contribution in [1.82, 2.24) is 0 Å². The Labute approximate surface area is 169 Å². The summed E-state index contributed by atoms with van der Waals surface area (Å²) in [5.74, 6) is -6.97. The van der Waals surface area contributed by atoms with Crippen LogP contribution < -0.4 is 4.74 Å². The Morgan fingerprint density at radius 1 is 0.677 bits per heavy atom. The van der Waals surface area contributed by atoms with Crippen LogP contribution in [-0.4, -0.2) is 0 Å². The van der Waals surface area contributed by atoms with E-state index in [-0.39, 0.29) is 11.1 Å². The molecule has 0 bridgehead atoms. The van der Waals surface area contributed by atoms with Gasteiger partial charge >= 0.3 is 12.3 Å². The number of rotatable bonds is 4. The third-order valence-electron chi connectivity index (χ3n) is 4.36. The van der Waals surface area contributed by atoms with Crippen LogP contribution in [0.2, 0.25) is 0 Å². The van der Waals surface area contributed by atoms with Crippen LogP contribution in [0.3, 0.4) is 0 Å². The topological polar surface area (TPSA) is 9.23 Å². The molecule has 0 atom stereocenters. The zero-order valence-electron chi connectivity index (χ0n) is 15.4. The van der Waals surface area contributed by atoms with E-state index in [0.717, 1.165) is 24.3 Å². The van der Waals surface area contributed by atoms with E-state index in [1.807, 2.05) is 0 Å². The van der Waals surface area contributed by atoms with Crippen molar-refractivity contribution in [2.45, 2.75) is 19.2 Å². The first kappa shape index (κ1) is 22.5. The highest BCUT2D eigenvalue weighted by Crippen LogP contribution is 2.37. The summed E-state index contributed by atoms with van der Waals surface area (Å²) in [6.45, 7) is 1.17. The van der Waals surface area contributed by atoms with Gasteiger partial charge in [-0.2, -0.15) is 22.0 Å². The van der Waals surface area contributed by atoms with Gasteiger partial charge in [-0.05, 0) is 48.4 Å². The van der Waals surface area contributed by atoms with Gasteiger partial charge < -0.3 is 4.74 Å². The molecule has 0 unspecified atom stereocenters. The van der Waals surface area contributed by atoms with Crippen LogP contribution in [0.15, 0.2) is 48.5 Å². The third kappa shape index (κ3) is 4.47. The van der Waals surface area contributed by atoms with Crippen LogP contribution in [0.1, 0.15) is 16.7 Å². The second kappa shape index (κ2) is 7.82. The van der Waals surface area contributed by atoms with Gasteiger partial charge in [-0.15, -0.1) is 0 Å². The van der Waals surface area contributed by atoms with Gasteiger partial charge in [0.15, 0.2) is 11.6 Å². The SMILES string of the molecule is Cc1ccc(C(F)(F)Oc2ccc(-c3ccc(C(F)(F)F)c(F)c3)c(F)c2)c(F)c1F. The number of aryl methyl sites for hydroxylation is 1. The highest BCUT2D eigenvalue weighted by molar-refractivity contribution is 5.65. The largest absolute Gasteiger partial charge is 0.429 e. The highest BCUT2D eigenvalue weighted by Gasteiger charge is 2.39. The van der Waals surface area contributed by atoms with Crippen LogP contribution >= 0.6 is 0 Å². The number of ether oxygens (including phenoxy) is 1. The first-order valence-electron chi connectivity index (χ1n) is 8.50. The monoisotopic (exact) mass is 450 g/mol. The normalized spacial score (nSPS) is 12.2. The molecule has 0 aliphatic rings. The van der Waals surface area contributed by atoms with Crippen LogP contribution in [-0.2, 0) is 12.3 Å². The van der Waals surface area contributed by atoms with E-state index in [1.165, 1.54) is 6.92 Å². The van der Waals surface area contributed by atoms with Crippen molar-refractivity contribution in [3.63, 3.8) is 0 Å². The zero-order valence-corrected chi connectivity index (χ0v) is 15.4. The predicted octanol–water partition coefficient (Wildman–Crippen LogP) is 7.37. The van der Waals surface area contributed by atoms with Gasteiger partial charge in [0, 0.05) is 11.6 Å². The lowest BCUT2D eigenvalue weighted by atomic mass is 10.0. The first-order valence-corrected chi connectivity index (χ1v) is 8.50. The molecule has 3 aromatic rings. The highest BCUT2D eigenvalue weighted by atomic mass is 19.4. The lowest BCUT2D eigenvalue weighted by Crippen LogP contribution is -2.24. The number of alkyl halides is 5. The molecule has 0 aromatic heterocycles.